The number of fused-ring (bicyclic) bond motifs is 1. The van der Waals surface area contributed by atoms with Gasteiger partial charge in [0.15, 0.2) is 5.82 Å². The van der Waals surface area contributed by atoms with E-state index in [1.165, 1.54) is 0 Å². The Hall–Kier alpha value is -1.84. The van der Waals surface area contributed by atoms with E-state index in [-0.39, 0.29) is 0 Å². The Bertz CT molecular complexity index is 439. The first-order chi connectivity index (χ1) is 6.31. The molecular formula is C9H10N4. The van der Waals surface area contributed by atoms with E-state index in [0.29, 0.717) is 5.82 Å². The monoisotopic (exact) mass is 174 g/mol. The molecule has 0 bridgehead atoms. The second-order valence-corrected chi connectivity index (χ2v) is 2.78. The molecule has 0 atom stereocenters. The second-order valence-electron chi connectivity index (χ2n) is 2.78. The largest absolute Gasteiger partial charge is 0.388 e. The number of benzene rings is 1. The van der Waals surface area contributed by atoms with Crippen molar-refractivity contribution in [3.05, 3.63) is 24.4 Å². The topological polar surface area (TPSA) is 63.8 Å². The summed E-state index contributed by atoms with van der Waals surface area (Å²) in [6.45, 7) is 0. The molecule has 0 unspecified atom stereocenters. The Balaban J connectivity index is 2.74. The van der Waals surface area contributed by atoms with Crippen molar-refractivity contribution in [2.75, 3.05) is 18.1 Å². The van der Waals surface area contributed by atoms with E-state index in [4.69, 9.17) is 5.73 Å². The van der Waals surface area contributed by atoms with Gasteiger partial charge in [-0.1, -0.05) is 6.07 Å². The number of hydrogen-bond donors (Lipinski definition) is 2. The Morgan fingerprint density at radius 2 is 2.23 bits per heavy atom. The average molecular weight is 174 g/mol. The first-order valence-corrected chi connectivity index (χ1v) is 4.00. The number of nitrogens with two attached hydrogens (primary N) is 1. The molecule has 0 fully saturated rings. The molecule has 0 saturated heterocycles. The lowest BCUT2D eigenvalue weighted by Gasteiger charge is -2.03. The van der Waals surface area contributed by atoms with Gasteiger partial charge in [0.25, 0.3) is 0 Å². The highest BCUT2D eigenvalue weighted by molar-refractivity contribution is 5.92. The minimum absolute atomic E-state index is 0.467. The van der Waals surface area contributed by atoms with Crippen LogP contribution in [0.2, 0.25) is 0 Å². The van der Waals surface area contributed by atoms with Crippen LogP contribution in [0.3, 0.4) is 0 Å². The average Bonchev–Trinajstić information content (AvgIpc) is 2.18. The molecule has 0 aliphatic carbocycles. The number of hydrogen-bond acceptors (Lipinski definition) is 4. The van der Waals surface area contributed by atoms with Crippen LogP contribution in [0.5, 0.6) is 0 Å². The molecule has 4 heteroatoms. The highest BCUT2D eigenvalue weighted by Crippen LogP contribution is 2.21. The van der Waals surface area contributed by atoms with Crippen molar-refractivity contribution in [1.29, 1.82) is 0 Å². The fourth-order valence-electron chi connectivity index (χ4n) is 1.25. The summed E-state index contributed by atoms with van der Waals surface area (Å²) in [5, 5.41) is 12.5. The number of aromatic nitrogens is 2. The molecule has 1 heterocycles. The van der Waals surface area contributed by atoms with Crippen LogP contribution in [0.25, 0.3) is 10.8 Å². The second kappa shape index (κ2) is 2.90. The van der Waals surface area contributed by atoms with E-state index in [0.717, 1.165) is 16.5 Å². The van der Waals surface area contributed by atoms with Gasteiger partial charge in [-0.2, -0.15) is 5.10 Å². The summed E-state index contributed by atoms with van der Waals surface area (Å²) in [5.41, 5.74) is 6.70. The lowest BCUT2D eigenvalue weighted by Crippen LogP contribution is -1.95. The lowest BCUT2D eigenvalue weighted by atomic mass is 10.1. The minimum Gasteiger partial charge on any atom is -0.388 e. The molecule has 0 amide bonds. The number of nitrogen functional groups attached to an aromatic ring is 1. The maximum absolute atomic E-state index is 5.68. The molecule has 13 heavy (non-hydrogen) atoms. The number of nitrogens with one attached hydrogen (secondary N) is 1. The Kier molecular flexibility index (Phi) is 1.73. The molecule has 0 radical (unpaired) electrons. The van der Waals surface area contributed by atoms with E-state index in [2.05, 4.69) is 15.5 Å². The highest BCUT2D eigenvalue weighted by Gasteiger charge is 1.99. The molecule has 4 nitrogen and oxygen atoms in total. The Labute approximate surface area is 75.8 Å². The molecule has 3 N–H and O–H groups in total. The summed E-state index contributed by atoms with van der Waals surface area (Å²) in [6.07, 6.45) is 1.70. The van der Waals surface area contributed by atoms with Crippen molar-refractivity contribution in [3.8, 4) is 0 Å². The number of rotatable bonds is 1. The predicted octanol–water partition coefficient (Wildman–Crippen LogP) is 1.25. The van der Waals surface area contributed by atoms with E-state index in [9.17, 15) is 0 Å². The van der Waals surface area contributed by atoms with Crippen molar-refractivity contribution in [3.63, 3.8) is 0 Å². The van der Waals surface area contributed by atoms with Crippen LogP contribution >= 0.6 is 0 Å². The van der Waals surface area contributed by atoms with Gasteiger partial charge in [0.05, 0.1) is 6.20 Å². The van der Waals surface area contributed by atoms with E-state index < -0.39 is 0 Å². The molecule has 2 rings (SSSR count). The number of anilines is 2. The van der Waals surface area contributed by atoms with Crippen molar-refractivity contribution < 1.29 is 0 Å². The van der Waals surface area contributed by atoms with Gasteiger partial charge in [-0.3, -0.25) is 0 Å². The summed E-state index contributed by atoms with van der Waals surface area (Å²) in [5.74, 6) is 0.467. The van der Waals surface area contributed by atoms with Gasteiger partial charge in [0.1, 0.15) is 0 Å². The minimum atomic E-state index is 0.467. The van der Waals surface area contributed by atoms with Gasteiger partial charge in [-0.15, -0.1) is 5.10 Å². The summed E-state index contributed by atoms with van der Waals surface area (Å²) in [4.78, 5) is 0. The Morgan fingerprint density at radius 1 is 1.38 bits per heavy atom. The van der Waals surface area contributed by atoms with E-state index >= 15 is 0 Å². The zero-order chi connectivity index (χ0) is 9.26. The quantitative estimate of drug-likeness (QED) is 0.683. The van der Waals surface area contributed by atoms with Crippen molar-refractivity contribution >= 4 is 22.3 Å². The predicted molar refractivity (Wildman–Crippen MR) is 53.5 cm³/mol. The maximum Gasteiger partial charge on any atom is 0.154 e. The van der Waals surface area contributed by atoms with Gasteiger partial charge >= 0.3 is 0 Å². The standard InChI is InChI=1S/C9H10N4/c1-11-7-3-2-6-5-12-13-9(10)8(6)4-7/h2-5,11H,1H3,(H2,10,13). The molecule has 0 saturated carbocycles. The summed E-state index contributed by atoms with van der Waals surface area (Å²) in [7, 11) is 1.87. The first-order valence-electron chi connectivity index (χ1n) is 4.00. The van der Waals surface area contributed by atoms with Crippen LogP contribution in [-0.2, 0) is 0 Å². The maximum atomic E-state index is 5.68. The molecule has 0 aliphatic heterocycles. The normalized spacial score (nSPS) is 10.2. The SMILES string of the molecule is CNc1ccc2cnnc(N)c2c1. The van der Waals surface area contributed by atoms with Gasteiger partial charge in [0.2, 0.25) is 0 Å². The van der Waals surface area contributed by atoms with Crippen LogP contribution in [0.15, 0.2) is 24.4 Å². The van der Waals surface area contributed by atoms with Crippen LogP contribution < -0.4 is 11.1 Å². The zero-order valence-electron chi connectivity index (χ0n) is 7.28. The fraction of sp³-hybridized carbons (Fsp3) is 0.111. The fourth-order valence-corrected chi connectivity index (χ4v) is 1.25. The van der Waals surface area contributed by atoms with Gasteiger partial charge < -0.3 is 11.1 Å². The van der Waals surface area contributed by atoms with Crippen molar-refractivity contribution in [2.45, 2.75) is 0 Å². The van der Waals surface area contributed by atoms with E-state index in [1.807, 2.05) is 25.2 Å². The Morgan fingerprint density at radius 3 is 3.00 bits per heavy atom. The first kappa shape index (κ1) is 7.79. The smallest absolute Gasteiger partial charge is 0.154 e. The number of nitrogens with zero attached hydrogens (tertiary/aromatic N) is 2. The lowest BCUT2D eigenvalue weighted by molar-refractivity contribution is 1.06. The van der Waals surface area contributed by atoms with Gasteiger partial charge in [0, 0.05) is 23.5 Å². The summed E-state index contributed by atoms with van der Waals surface area (Å²) < 4.78 is 0. The van der Waals surface area contributed by atoms with Crippen molar-refractivity contribution in [2.24, 2.45) is 0 Å². The third-order valence-electron chi connectivity index (χ3n) is 1.98. The van der Waals surface area contributed by atoms with Crippen LogP contribution in [0.4, 0.5) is 11.5 Å². The molecule has 1 aromatic heterocycles. The van der Waals surface area contributed by atoms with Crippen LogP contribution in [-0.4, -0.2) is 17.2 Å². The molecule has 2 aromatic rings. The van der Waals surface area contributed by atoms with E-state index in [1.54, 1.807) is 6.20 Å². The molecule has 1 aromatic carbocycles. The highest BCUT2D eigenvalue weighted by atomic mass is 15.1. The molecule has 0 aliphatic rings. The third-order valence-corrected chi connectivity index (χ3v) is 1.98. The molecular weight excluding hydrogens is 164 g/mol. The van der Waals surface area contributed by atoms with Crippen LogP contribution in [0, 0.1) is 0 Å². The van der Waals surface area contributed by atoms with Crippen molar-refractivity contribution in [1.82, 2.24) is 10.2 Å². The molecule has 0 spiro atoms. The van der Waals surface area contributed by atoms with Crippen LogP contribution in [0.1, 0.15) is 0 Å². The van der Waals surface area contributed by atoms with Gasteiger partial charge in [-0.05, 0) is 12.1 Å². The van der Waals surface area contributed by atoms with Gasteiger partial charge in [-0.25, -0.2) is 0 Å². The zero-order valence-corrected chi connectivity index (χ0v) is 7.28. The molecule has 66 valence electrons. The third kappa shape index (κ3) is 1.26. The summed E-state index contributed by atoms with van der Waals surface area (Å²) >= 11 is 0. The summed E-state index contributed by atoms with van der Waals surface area (Å²) in [6, 6.07) is 5.90.